The molecule has 2 aromatic carbocycles. The maximum Gasteiger partial charge on any atom is 2.00 e. The van der Waals surface area contributed by atoms with Crippen LogP contribution in [0.15, 0.2) is 60.7 Å². The van der Waals surface area contributed by atoms with Crippen molar-refractivity contribution < 1.29 is 48.3 Å². The Kier molecular flexibility index (Phi) is 45.3. The fourth-order valence-electron chi connectivity index (χ4n) is 7.79. The molecule has 0 N–H and O–H groups in total. The summed E-state index contributed by atoms with van der Waals surface area (Å²) in [5.41, 5.74) is 2.41. The molecule has 0 saturated carbocycles. The van der Waals surface area contributed by atoms with Crippen LogP contribution in [0.1, 0.15) is 218 Å². The van der Waals surface area contributed by atoms with Crippen molar-refractivity contribution in [3.8, 4) is 0 Å². The Hall–Kier alpha value is -2.19. The maximum absolute atomic E-state index is 11.4. The molecule has 10 nitrogen and oxygen atoms in total. The standard InChI is InChI=1S/2C27H44O5.Ba/c2*1-24(28)32-26(19-13-7-5-3-2-4-6-8-15-21-27(29)30)20-14-10-16-22-31-23-25-17-11-9-12-18-25;/h2*9,11-12,17-18,26H,2-8,10,13-16,19-23H2,1H3,(H,29,30);/q;;+2/p-2. The second-order valence-corrected chi connectivity index (χ2v) is 17.4. The summed E-state index contributed by atoms with van der Waals surface area (Å²) < 4.78 is 22.5. The van der Waals surface area contributed by atoms with Crippen molar-refractivity contribution in [1.29, 1.82) is 0 Å². The normalized spacial score (nSPS) is 11.7. The number of esters is 2. The minimum Gasteiger partial charge on any atom is -0.550 e. The first-order valence-corrected chi connectivity index (χ1v) is 25.1. The van der Waals surface area contributed by atoms with Crippen molar-refractivity contribution in [3.05, 3.63) is 71.8 Å². The van der Waals surface area contributed by atoms with E-state index in [9.17, 15) is 29.4 Å². The molecule has 0 spiro atoms. The van der Waals surface area contributed by atoms with E-state index in [4.69, 9.17) is 18.9 Å². The maximum atomic E-state index is 11.4. The molecule has 2 rings (SSSR count). The Morgan fingerprint density at radius 1 is 0.400 bits per heavy atom. The summed E-state index contributed by atoms with van der Waals surface area (Å²) in [7, 11) is 0. The Morgan fingerprint density at radius 3 is 0.938 bits per heavy atom. The molecule has 11 heteroatoms. The van der Waals surface area contributed by atoms with E-state index < -0.39 is 11.9 Å². The molecule has 0 aliphatic rings. The van der Waals surface area contributed by atoms with Crippen molar-refractivity contribution >= 4 is 72.8 Å². The van der Waals surface area contributed by atoms with Gasteiger partial charge in [0.15, 0.2) is 0 Å². The van der Waals surface area contributed by atoms with Gasteiger partial charge in [0.05, 0.1) is 13.2 Å². The van der Waals surface area contributed by atoms with Gasteiger partial charge in [-0.2, -0.15) is 0 Å². The number of carboxylic acid groups (broad SMARTS) is 2. The van der Waals surface area contributed by atoms with E-state index in [2.05, 4.69) is 24.3 Å². The van der Waals surface area contributed by atoms with Crippen LogP contribution in [0, 0.1) is 0 Å². The number of carbonyl (C=O) groups excluding carboxylic acids is 4. The van der Waals surface area contributed by atoms with Crippen molar-refractivity contribution in [3.63, 3.8) is 0 Å². The van der Waals surface area contributed by atoms with E-state index in [0.29, 0.717) is 13.2 Å². The molecule has 0 saturated heterocycles. The molecule has 0 heterocycles. The van der Waals surface area contributed by atoms with Crippen molar-refractivity contribution in [2.75, 3.05) is 13.2 Å². The summed E-state index contributed by atoms with van der Waals surface area (Å²) in [5, 5.41) is 20.7. The van der Waals surface area contributed by atoms with Gasteiger partial charge < -0.3 is 38.7 Å². The summed E-state index contributed by atoms with van der Waals surface area (Å²) in [6.45, 7) is 5.86. The molecule has 364 valence electrons. The molecule has 2 aromatic rings. The van der Waals surface area contributed by atoms with Gasteiger partial charge in [0.1, 0.15) is 12.2 Å². The minimum atomic E-state index is -0.940. The van der Waals surface area contributed by atoms with Gasteiger partial charge >= 0.3 is 60.8 Å². The summed E-state index contributed by atoms with van der Waals surface area (Å²) in [4.78, 5) is 43.5. The monoisotopic (exact) mass is 1030 g/mol. The summed E-state index contributed by atoms with van der Waals surface area (Å²) in [6, 6.07) is 20.4. The summed E-state index contributed by atoms with van der Waals surface area (Å²) in [5.74, 6) is -2.24. The molecule has 2 atom stereocenters. The zero-order valence-electron chi connectivity index (χ0n) is 40.8. The molecule has 0 aliphatic heterocycles. The van der Waals surface area contributed by atoms with Gasteiger partial charge in [-0.3, -0.25) is 9.59 Å². The average molecular weight is 1030 g/mol. The van der Waals surface area contributed by atoms with Gasteiger partial charge in [-0.1, -0.05) is 163 Å². The predicted octanol–water partition coefficient (Wildman–Crippen LogP) is 11.1. The van der Waals surface area contributed by atoms with E-state index in [-0.39, 0.29) is 85.9 Å². The van der Waals surface area contributed by atoms with Crippen molar-refractivity contribution in [1.82, 2.24) is 0 Å². The van der Waals surface area contributed by atoms with Gasteiger partial charge in [-0.05, 0) is 101 Å². The van der Waals surface area contributed by atoms with Crippen LogP contribution in [0.2, 0.25) is 0 Å². The van der Waals surface area contributed by atoms with Crippen LogP contribution in [0.25, 0.3) is 0 Å². The second-order valence-electron chi connectivity index (χ2n) is 17.4. The number of carbonyl (C=O) groups is 4. The number of carboxylic acids is 2. The van der Waals surface area contributed by atoms with Crippen LogP contribution in [-0.2, 0) is 51.3 Å². The molecule has 0 amide bonds. The second kappa shape index (κ2) is 46.9. The van der Waals surface area contributed by atoms with Crippen LogP contribution in [0.4, 0.5) is 0 Å². The third kappa shape index (κ3) is 45.4. The largest absolute Gasteiger partial charge is 2.00 e. The Bertz CT molecular complexity index is 1290. The van der Waals surface area contributed by atoms with Gasteiger partial charge in [-0.15, -0.1) is 0 Å². The first-order valence-electron chi connectivity index (χ1n) is 25.1. The molecular formula is C54H86BaO10. The predicted molar refractivity (Wildman–Crippen MR) is 258 cm³/mol. The molecule has 65 heavy (non-hydrogen) atoms. The van der Waals surface area contributed by atoms with Crippen LogP contribution in [0.3, 0.4) is 0 Å². The smallest absolute Gasteiger partial charge is 0.550 e. The van der Waals surface area contributed by atoms with Crippen LogP contribution < -0.4 is 10.2 Å². The Balaban J connectivity index is 0.00000124. The SMILES string of the molecule is CC(=O)OC(CCCCCCCCCCCC(=O)[O-])CCCCCOCc1ccccc1.CC(=O)OC(CCCCCCCCCCCC(=O)[O-])CCCCCOCc1ccccc1.[Ba+2]. The summed E-state index contributed by atoms with van der Waals surface area (Å²) >= 11 is 0. The van der Waals surface area contributed by atoms with Crippen LogP contribution in [-0.4, -0.2) is 98.2 Å². The van der Waals surface area contributed by atoms with Crippen molar-refractivity contribution in [2.24, 2.45) is 0 Å². The number of benzene rings is 2. The molecule has 0 fully saturated rings. The van der Waals surface area contributed by atoms with Crippen molar-refractivity contribution in [2.45, 2.75) is 232 Å². The third-order valence-corrected chi connectivity index (χ3v) is 11.3. The molecule has 0 bridgehead atoms. The quantitative estimate of drug-likeness (QED) is 0.0357. The zero-order valence-corrected chi connectivity index (χ0v) is 45.2. The van der Waals surface area contributed by atoms with Gasteiger partial charge in [0.2, 0.25) is 0 Å². The number of hydrogen-bond donors (Lipinski definition) is 0. The van der Waals surface area contributed by atoms with Crippen LogP contribution in [0.5, 0.6) is 0 Å². The molecular weight excluding hydrogens is 946 g/mol. The van der Waals surface area contributed by atoms with Gasteiger partial charge in [0.25, 0.3) is 0 Å². The van der Waals surface area contributed by atoms with E-state index in [1.165, 1.54) is 89.2 Å². The molecule has 0 aliphatic carbocycles. The Morgan fingerprint density at radius 2 is 0.662 bits per heavy atom. The first kappa shape index (κ1) is 62.8. The number of aliphatic carboxylic acids is 2. The summed E-state index contributed by atoms with van der Waals surface area (Å²) in [6.07, 6.45) is 30.5. The average Bonchev–Trinajstić information content (AvgIpc) is 3.26. The van der Waals surface area contributed by atoms with Gasteiger partial charge in [0, 0.05) is 39.0 Å². The van der Waals surface area contributed by atoms with E-state index in [1.54, 1.807) is 0 Å². The zero-order chi connectivity index (χ0) is 46.6. The first-order chi connectivity index (χ1) is 31.2. The number of unbranched alkanes of at least 4 members (excludes halogenated alkanes) is 20. The third-order valence-electron chi connectivity index (χ3n) is 11.3. The van der Waals surface area contributed by atoms with Gasteiger partial charge in [-0.25, -0.2) is 0 Å². The van der Waals surface area contributed by atoms with E-state index in [1.807, 2.05) is 36.4 Å². The topological polar surface area (TPSA) is 151 Å². The molecule has 0 radical (unpaired) electrons. The number of hydrogen-bond acceptors (Lipinski definition) is 10. The van der Waals surface area contributed by atoms with Crippen LogP contribution >= 0.6 is 0 Å². The van der Waals surface area contributed by atoms with E-state index in [0.717, 1.165) is 129 Å². The van der Waals surface area contributed by atoms with E-state index >= 15 is 0 Å². The molecule has 2 unspecified atom stereocenters. The fraction of sp³-hybridized carbons (Fsp3) is 0.704. The molecule has 0 aromatic heterocycles. The Labute approximate surface area is 434 Å². The minimum absolute atomic E-state index is 0. The number of ether oxygens (including phenoxy) is 4. The fourth-order valence-corrected chi connectivity index (χ4v) is 7.79. The number of rotatable bonds is 42.